The van der Waals surface area contributed by atoms with E-state index in [-0.39, 0.29) is 17.6 Å². The molecule has 2 N–H and O–H groups in total. The third-order valence-electron chi connectivity index (χ3n) is 6.96. The zero-order valence-corrected chi connectivity index (χ0v) is 20.7. The first-order chi connectivity index (χ1) is 18.3. The average molecular weight is 524 g/mol. The summed E-state index contributed by atoms with van der Waals surface area (Å²) in [7, 11) is 0. The Labute approximate surface area is 218 Å². The molecule has 9 heteroatoms. The van der Waals surface area contributed by atoms with Crippen LogP contribution in [0.3, 0.4) is 0 Å². The number of benzene rings is 3. The standard InChI is InChI=1S/C29H28F3N3O3/c30-29(31,32)22-9-7-20(8-10-22)27(36)34-23-11-12-26(35-14-13-19-4-1-2-5-21(19)18-35)25(16-23)28(37)33-17-24-6-3-15-38-24/h1-2,4-5,7-12,16,24H,3,6,13-15,17-18H2,(H,33,37)(H,34,36). The Kier molecular flexibility index (Phi) is 7.37. The number of halogens is 3. The first-order valence-electron chi connectivity index (χ1n) is 12.6. The van der Waals surface area contributed by atoms with E-state index in [0.717, 1.165) is 55.8 Å². The van der Waals surface area contributed by atoms with Crippen molar-refractivity contribution in [2.45, 2.75) is 38.1 Å². The fourth-order valence-electron chi connectivity index (χ4n) is 4.89. The molecular formula is C29H28F3N3O3. The molecule has 6 nitrogen and oxygen atoms in total. The summed E-state index contributed by atoms with van der Waals surface area (Å²) in [6, 6.07) is 17.3. The number of anilines is 2. The molecule has 0 spiro atoms. The maximum absolute atomic E-state index is 13.3. The summed E-state index contributed by atoms with van der Waals surface area (Å²) in [5.41, 5.74) is 3.27. The molecule has 3 aromatic carbocycles. The third-order valence-corrected chi connectivity index (χ3v) is 6.96. The van der Waals surface area contributed by atoms with Crippen molar-refractivity contribution in [2.75, 3.05) is 29.9 Å². The van der Waals surface area contributed by atoms with Crippen molar-refractivity contribution in [3.05, 3.63) is 94.5 Å². The molecule has 0 bridgehead atoms. The first kappa shape index (κ1) is 25.8. The number of nitrogens with one attached hydrogen (secondary N) is 2. The molecule has 5 rings (SSSR count). The molecule has 1 unspecified atom stereocenters. The topological polar surface area (TPSA) is 70.7 Å². The number of ether oxygens (including phenoxy) is 1. The number of nitrogens with zero attached hydrogens (tertiary/aromatic N) is 1. The van der Waals surface area contributed by atoms with E-state index in [2.05, 4.69) is 27.7 Å². The van der Waals surface area contributed by atoms with Crippen molar-refractivity contribution in [1.29, 1.82) is 0 Å². The van der Waals surface area contributed by atoms with Gasteiger partial charge in [-0.25, -0.2) is 0 Å². The average Bonchev–Trinajstić information content (AvgIpc) is 3.45. The Balaban J connectivity index is 1.38. The van der Waals surface area contributed by atoms with Crippen molar-refractivity contribution >= 4 is 23.2 Å². The minimum Gasteiger partial charge on any atom is -0.376 e. The highest BCUT2D eigenvalue weighted by Crippen LogP contribution is 2.31. The highest BCUT2D eigenvalue weighted by Gasteiger charge is 2.30. The van der Waals surface area contributed by atoms with E-state index >= 15 is 0 Å². The number of fused-ring (bicyclic) bond motifs is 1. The van der Waals surface area contributed by atoms with E-state index in [9.17, 15) is 22.8 Å². The zero-order chi connectivity index (χ0) is 26.7. The fourth-order valence-corrected chi connectivity index (χ4v) is 4.89. The lowest BCUT2D eigenvalue weighted by Gasteiger charge is -2.32. The third kappa shape index (κ3) is 5.83. The molecule has 2 aliphatic rings. The quantitative estimate of drug-likeness (QED) is 0.452. The molecule has 1 atom stereocenters. The molecular weight excluding hydrogens is 495 g/mol. The second-order valence-corrected chi connectivity index (χ2v) is 9.55. The number of hydrogen-bond acceptors (Lipinski definition) is 4. The van der Waals surface area contributed by atoms with Crippen molar-refractivity contribution < 1.29 is 27.5 Å². The van der Waals surface area contributed by atoms with Gasteiger partial charge in [0.15, 0.2) is 0 Å². The van der Waals surface area contributed by atoms with E-state index in [1.165, 1.54) is 11.1 Å². The second-order valence-electron chi connectivity index (χ2n) is 9.55. The van der Waals surface area contributed by atoms with E-state index in [0.29, 0.717) is 30.9 Å². The van der Waals surface area contributed by atoms with Crippen molar-refractivity contribution in [3.8, 4) is 0 Å². The van der Waals surface area contributed by atoms with E-state index < -0.39 is 17.6 Å². The number of alkyl halides is 3. The second kappa shape index (κ2) is 10.9. The zero-order valence-electron chi connectivity index (χ0n) is 20.7. The molecule has 0 aromatic heterocycles. The Morgan fingerprint density at radius 3 is 2.45 bits per heavy atom. The Morgan fingerprint density at radius 2 is 1.74 bits per heavy atom. The molecule has 2 heterocycles. The van der Waals surface area contributed by atoms with Gasteiger partial charge < -0.3 is 20.3 Å². The van der Waals surface area contributed by atoms with E-state index in [1.54, 1.807) is 18.2 Å². The van der Waals surface area contributed by atoms with Crippen LogP contribution in [0, 0.1) is 0 Å². The lowest BCUT2D eigenvalue weighted by Crippen LogP contribution is -2.35. The van der Waals surface area contributed by atoms with E-state index in [4.69, 9.17) is 4.74 Å². The Morgan fingerprint density at radius 1 is 0.974 bits per heavy atom. The van der Waals surface area contributed by atoms with Crippen LogP contribution in [0.25, 0.3) is 0 Å². The maximum Gasteiger partial charge on any atom is 0.416 e. The van der Waals surface area contributed by atoms with Gasteiger partial charge in [-0.15, -0.1) is 0 Å². The number of amides is 2. The summed E-state index contributed by atoms with van der Waals surface area (Å²) in [5.74, 6) is -0.843. The minimum atomic E-state index is -4.48. The highest BCUT2D eigenvalue weighted by molar-refractivity contribution is 6.06. The van der Waals surface area contributed by atoms with Crippen molar-refractivity contribution in [3.63, 3.8) is 0 Å². The first-order valence-corrected chi connectivity index (χ1v) is 12.6. The predicted octanol–water partition coefficient (Wildman–Crippen LogP) is 5.43. The molecule has 38 heavy (non-hydrogen) atoms. The Hall–Kier alpha value is -3.85. The van der Waals surface area contributed by atoms with Crippen LogP contribution in [0.5, 0.6) is 0 Å². The minimum absolute atomic E-state index is 0.0215. The number of rotatable bonds is 6. The van der Waals surface area contributed by atoms with Gasteiger partial charge in [0.25, 0.3) is 11.8 Å². The molecule has 1 fully saturated rings. The SMILES string of the molecule is O=C(Nc1ccc(N2CCc3ccccc3C2)c(C(=O)NCC2CCCO2)c1)c1ccc(C(F)(F)F)cc1. The van der Waals surface area contributed by atoms with Crippen LogP contribution in [0.15, 0.2) is 66.7 Å². The molecule has 1 saturated heterocycles. The van der Waals surface area contributed by atoms with Gasteiger partial charge in [-0.3, -0.25) is 9.59 Å². The van der Waals surface area contributed by atoms with Crippen molar-refractivity contribution in [1.82, 2.24) is 5.32 Å². The predicted molar refractivity (Wildman–Crippen MR) is 138 cm³/mol. The van der Waals surface area contributed by atoms with Crippen molar-refractivity contribution in [2.24, 2.45) is 0 Å². The normalized spacial score (nSPS) is 17.1. The number of hydrogen-bond donors (Lipinski definition) is 2. The smallest absolute Gasteiger partial charge is 0.376 e. The summed E-state index contributed by atoms with van der Waals surface area (Å²) in [6.45, 7) is 2.47. The largest absolute Gasteiger partial charge is 0.416 e. The van der Waals surface area contributed by atoms with Crippen LogP contribution in [0.1, 0.15) is 50.2 Å². The summed E-state index contributed by atoms with van der Waals surface area (Å²) >= 11 is 0. The molecule has 2 amide bonds. The van der Waals surface area contributed by atoms with Gasteiger partial charge in [0, 0.05) is 43.2 Å². The molecule has 0 aliphatic carbocycles. The van der Waals surface area contributed by atoms with Gasteiger partial charge in [-0.05, 0) is 72.9 Å². The van der Waals surface area contributed by atoms with Gasteiger partial charge in [0.2, 0.25) is 0 Å². The highest BCUT2D eigenvalue weighted by atomic mass is 19.4. The fraction of sp³-hybridized carbons (Fsp3) is 0.310. The summed E-state index contributed by atoms with van der Waals surface area (Å²) in [6.07, 6.45) is -1.80. The Bertz CT molecular complexity index is 1320. The van der Waals surface area contributed by atoms with E-state index in [1.807, 2.05) is 12.1 Å². The lowest BCUT2D eigenvalue weighted by atomic mass is 9.98. The number of carbonyl (C=O) groups excluding carboxylic acids is 2. The molecule has 0 radical (unpaired) electrons. The lowest BCUT2D eigenvalue weighted by molar-refractivity contribution is -0.137. The van der Waals surface area contributed by atoms with Crippen LogP contribution in [-0.2, 0) is 23.9 Å². The van der Waals surface area contributed by atoms with Crippen LogP contribution in [0.4, 0.5) is 24.5 Å². The summed E-state index contributed by atoms with van der Waals surface area (Å²) < 4.78 is 44.2. The molecule has 0 saturated carbocycles. The molecule has 198 valence electrons. The van der Waals surface area contributed by atoms with Crippen LogP contribution in [-0.4, -0.2) is 37.6 Å². The monoisotopic (exact) mass is 523 g/mol. The van der Waals surface area contributed by atoms with Gasteiger partial charge in [-0.2, -0.15) is 13.2 Å². The van der Waals surface area contributed by atoms with Crippen LogP contribution in [0.2, 0.25) is 0 Å². The summed E-state index contributed by atoms with van der Waals surface area (Å²) in [5, 5.41) is 5.67. The van der Waals surface area contributed by atoms with Crippen LogP contribution < -0.4 is 15.5 Å². The maximum atomic E-state index is 13.3. The van der Waals surface area contributed by atoms with Gasteiger partial charge in [-0.1, -0.05) is 24.3 Å². The summed E-state index contributed by atoms with van der Waals surface area (Å²) in [4.78, 5) is 28.2. The molecule has 2 aliphatic heterocycles. The van der Waals surface area contributed by atoms with Gasteiger partial charge >= 0.3 is 6.18 Å². The van der Waals surface area contributed by atoms with Crippen LogP contribution >= 0.6 is 0 Å². The number of carbonyl (C=O) groups is 2. The van der Waals surface area contributed by atoms with Gasteiger partial charge in [0.05, 0.1) is 17.2 Å². The molecule has 3 aromatic rings. The van der Waals surface area contributed by atoms with Gasteiger partial charge in [0.1, 0.15) is 0 Å².